The molecule has 0 radical (unpaired) electrons. The van der Waals surface area contributed by atoms with Crippen molar-refractivity contribution in [2.45, 2.75) is 25.1 Å². The Morgan fingerprint density at radius 2 is 2.36 bits per heavy atom. The second kappa shape index (κ2) is 4.94. The second-order valence-corrected chi connectivity index (χ2v) is 3.85. The maximum atomic E-state index is 11.1. The number of aromatic nitrogens is 4. The summed E-state index contributed by atoms with van der Waals surface area (Å²) in [4.78, 5) is 11.1. The standard InChI is InChI=1S/C7H12N4O2S/c1-5(2)13-6(12)4-14-7-8-9-10-11(7)3/h5H,4H2,1-3H3. The summed E-state index contributed by atoms with van der Waals surface area (Å²) in [5.74, 6) is -0.0279. The first kappa shape index (κ1) is 11.0. The zero-order valence-electron chi connectivity index (χ0n) is 8.30. The van der Waals surface area contributed by atoms with E-state index in [4.69, 9.17) is 4.74 Å². The fourth-order valence-electron chi connectivity index (χ4n) is 0.764. The minimum absolute atomic E-state index is 0.0827. The summed E-state index contributed by atoms with van der Waals surface area (Å²) < 4.78 is 6.46. The zero-order valence-corrected chi connectivity index (χ0v) is 9.11. The quantitative estimate of drug-likeness (QED) is 0.531. The lowest BCUT2D eigenvalue weighted by atomic mass is 10.5. The third kappa shape index (κ3) is 3.33. The summed E-state index contributed by atoms with van der Waals surface area (Å²) >= 11 is 1.26. The van der Waals surface area contributed by atoms with Crippen molar-refractivity contribution in [3.8, 4) is 0 Å². The summed E-state index contributed by atoms with van der Waals surface area (Å²) in [7, 11) is 1.72. The van der Waals surface area contributed by atoms with Crippen molar-refractivity contribution < 1.29 is 9.53 Å². The molecule has 0 aliphatic rings. The van der Waals surface area contributed by atoms with Crippen LogP contribution in [0, 0.1) is 0 Å². The molecule has 0 fully saturated rings. The summed E-state index contributed by atoms with van der Waals surface area (Å²) in [5.41, 5.74) is 0. The van der Waals surface area contributed by atoms with Crippen LogP contribution in [0.5, 0.6) is 0 Å². The van der Waals surface area contributed by atoms with Gasteiger partial charge >= 0.3 is 5.97 Å². The number of rotatable bonds is 4. The number of thioether (sulfide) groups is 1. The number of esters is 1. The first-order valence-corrected chi connectivity index (χ1v) is 5.13. The van der Waals surface area contributed by atoms with Crippen LogP contribution in [0.2, 0.25) is 0 Å². The van der Waals surface area contributed by atoms with Gasteiger partial charge in [0.2, 0.25) is 5.16 Å². The van der Waals surface area contributed by atoms with Crippen molar-refractivity contribution >= 4 is 17.7 Å². The van der Waals surface area contributed by atoms with Crippen molar-refractivity contribution in [1.82, 2.24) is 20.2 Å². The van der Waals surface area contributed by atoms with Crippen molar-refractivity contribution in [3.05, 3.63) is 0 Å². The number of carbonyl (C=O) groups is 1. The minimum atomic E-state index is -0.256. The Bertz CT molecular complexity index is 312. The van der Waals surface area contributed by atoms with E-state index in [0.29, 0.717) is 5.16 Å². The van der Waals surface area contributed by atoms with Gasteiger partial charge in [-0.15, -0.1) is 5.10 Å². The van der Waals surface area contributed by atoms with Crippen molar-refractivity contribution in [2.75, 3.05) is 5.75 Å². The number of tetrazole rings is 1. The molecule has 1 rings (SSSR count). The van der Waals surface area contributed by atoms with Gasteiger partial charge in [0, 0.05) is 7.05 Å². The Hall–Kier alpha value is -1.11. The van der Waals surface area contributed by atoms with Gasteiger partial charge in [-0.2, -0.15) is 0 Å². The zero-order chi connectivity index (χ0) is 10.6. The molecule has 1 heterocycles. The molecule has 0 N–H and O–H groups in total. The first-order valence-electron chi connectivity index (χ1n) is 4.14. The van der Waals surface area contributed by atoms with Crippen LogP contribution in [-0.4, -0.2) is 38.0 Å². The average Bonchev–Trinajstić information content (AvgIpc) is 2.46. The topological polar surface area (TPSA) is 69.9 Å². The molecule has 0 aliphatic heterocycles. The predicted molar refractivity (Wildman–Crippen MR) is 50.8 cm³/mol. The summed E-state index contributed by atoms with van der Waals surface area (Å²) in [5, 5.41) is 11.4. The van der Waals surface area contributed by atoms with Gasteiger partial charge in [-0.1, -0.05) is 11.8 Å². The summed E-state index contributed by atoms with van der Waals surface area (Å²) in [6.07, 6.45) is -0.0827. The lowest BCUT2D eigenvalue weighted by Gasteiger charge is -2.06. The molecule has 78 valence electrons. The van der Waals surface area contributed by atoms with Gasteiger partial charge in [-0.3, -0.25) is 4.79 Å². The van der Waals surface area contributed by atoms with Crippen LogP contribution in [0.1, 0.15) is 13.8 Å². The highest BCUT2D eigenvalue weighted by Gasteiger charge is 2.09. The van der Waals surface area contributed by atoms with E-state index in [0.717, 1.165) is 0 Å². The van der Waals surface area contributed by atoms with E-state index in [9.17, 15) is 4.79 Å². The molecule has 1 aromatic heterocycles. The number of hydrogen-bond donors (Lipinski definition) is 0. The van der Waals surface area contributed by atoms with Crippen LogP contribution in [0.3, 0.4) is 0 Å². The summed E-state index contributed by atoms with van der Waals surface area (Å²) in [6, 6.07) is 0. The molecule has 0 amide bonds. The average molecular weight is 216 g/mol. The maximum absolute atomic E-state index is 11.1. The number of hydrogen-bond acceptors (Lipinski definition) is 6. The second-order valence-electron chi connectivity index (χ2n) is 2.91. The smallest absolute Gasteiger partial charge is 0.316 e. The molecule has 1 aromatic rings. The Kier molecular flexibility index (Phi) is 3.87. The number of aryl methyl sites for hydroxylation is 1. The van der Waals surface area contributed by atoms with E-state index in [1.165, 1.54) is 16.4 Å². The highest BCUT2D eigenvalue weighted by Crippen LogP contribution is 2.12. The Morgan fingerprint density at radius 1 is 1.64 bits per heavy atom. The Labute approximate surface area is 86.0 Å². The van der Waals surface area contributed by atoms with Crippen molar-refractivity contribution in [3.63, 3.8) is 0 Å². The number of carbonyl (C=O) groups excluding carboxylic acids is 1. The van der Waals surface area contributed by atoms with Crippen LogP contribution in [0.15, 0.2) is 5.16 Å². The number of ether oxygens (including phenoxy) is 1. The van der Waals surface area contributed by atoms with E-state index < -0.39 is 0 Å². The predicted octanol–water partition coefficient (Wildman–Crippen LogP) is 0.254. The van der Waals surface area contributed by atoms with Crippen molar-refractivity contribution in [1.29, 1.82) is 0 Å². The molecular formula is C7H12N4O2S. The Balaban J connectivity index is 2.34. The summed E-state index contributed by atoms with van der Waals surface area (Å²) in [6.45, 7) is 3.62. The largest absolute Gasteiger partial charge is 0.462 e. The third-order valence-electron chi connectivity index (χ3n) is 1.27. The fourth-order valence-corrected chi connectivity index (χ4v) is 1.40. The Morgan fingerprint density at radius 3 is 2.86 bits per heavy atom. The molecule has 0 saturated heterocycles. The molecular weight excluding hydrogens is 204 g/mol. The van der Waals surface area contributed by atoms with Gasteiger partial charge in [0.05, 0.1) is 11.9 Å². The van der Waals surface area contributed by atoms with E-state index >= 15 is 0 Å². The molecule has 7 heteroatoms. The first-order chi connectivity index (χ1) is 6.59. The molecule has 0 saturated carbocycles. The molecule has 0 aliphatic carbocycles. The number of nitrogens with zero attached hydrogens (tertiary/aromatic N) is 4. The van der Waals surface area contributed by atoms with E-state index in [1.807, 2.05) is 13.8 Å². The molecule has 0 spiro atoms. The molecule has 0 unspecified atom stereocenters. The van der Waals surface area contributed by atoms with Crippen molar-refractivity contribution in [2.24, 2.45) is 7.05 Å². The highest BCUT2D eigenvalue weighted by atomic mass is 32.2. The molecule has 14 heavy (non-hydrogen) atoms. The highest BCUT2D eigenvalue weighted by molar-refractivity contribution is 7.99. The maximum Gasteiger partial charge on any atom is 0.316 e. The molecule has 0 atom stereocenters. The van der Waals surface area contributed by atoms with Crippen LogP contribution in [0.4, 0.5) is 0 Å². The fraction of sp³-hybridized carbons (Fsp3) is 0.714. The van der Waals surface area contributed by atoms with Gasteiger partial charge in [0.25, 0.3) is 0 Å². The lowest BCUT2D eigenvalue weighted by Crippen LogP contribution is -2.13. The van der Waals surface area contributed by atoms with Gasteiger partial charge < -0.3 is 4.74 Å². The normalized spacial score (nSPS) is 10.6. The molecule has 6 nitrogen and oxygen atoms in total. The third-order valence-corrected chi connectivity index (χ3v) is 2.25. The molecule has 0 bridgehead atoms. The van der Waals surface area contributed by atoms with Crippen LogP contribution < -0.4 is 0 Å². The van der Waals surface area contributed by atoms with Gasteiger partial charge in [0.15, 0.2) is 0 Å². The SMILES string of the molecule is CC(C)OC(=O)CSc1nnnn1C. The van der Waals surface area contributed by atoms with Gasteiger partial charge in [-0.25, -0.2) is 4.68 Å². The van der Waals surface area contributed by atoms with Crippen LogP contribution in [0.25, 0.3) is 0 Å². The molecule has 0 aromatic carbocycles. The van der Waals surface area contributed by atoms with Crippen LogP contribution >= 0.6 is 11.8 Å². The van der Waals surface area contributed by atoms with Gasteiger partial charge in [-0.05, 0) is 24.3 Å². The van der Waals surface area contributed by atoms with Gasteiger partial charge in [0.1, 0.15) is 0 Å². The van der Waals surface area contributed by atoms with Crippen LogP contribution in [-0.2, 0) is 16.6 Å². The minimum Gasteiger partial charge on any atom is -0.462 e. The van der Waals surface area contributed by atoms with E-state index in [-0.39, 0.29) is 17.8 Å². The van der Waals surface area contributed by atoms with E-state index in [2.05, 4.69) is 15.5 Å². The lowest BCUT2D eigenvalue weighted by molar-refractivity contribution is -0.144. The van der Waals surface area contributed by atoms with E-state index in [1.54, 1.807) is 7.05 Å². The monoisotopic (exact) mass is 216 g/mol.